The van der Waals surface area contributed by atoms with E-state index in [1.54, 1.807) is 6.20 Å². The third-order valence-corrected chi connectivity index (χ3v) is 3.72. The number of fused-ring (bicyclic) bond motifs is 1. The summed E-state index contributed by atoms with van der Waals surface area (Å²) in [4.78, 5) is 15.7. The van der Waals surface area contributed by atoms with Crippen molar-refractivity contribution in [3.05, 3.63) is 30.0 Å². The maximum absolute atomic E-state index is 11.4. The Morgan fingerprint density at radius 2 is 2.25 bits per heavy atom. The zero-order valence-electron chi connectivity index (χ0n) is 14.2. The molecule has 1 aromatic carbocycles. The molecule has 128 valence electrons. The van der Waals surface area contributed by atoms with Crippen molar-refractivity contribution in [2.24, 2.45) is 0 Å². The molecule has 0 radical (unpaired) electrons. The lowest BCUT2D eigenvalue weighted by Crippen LogP contribution is -2.48. The summed E-state index contributed by atoms with van der Waals surface area (Å²) in [6, 6.07) is 5.80. The van der Waals surface area contributed by atoms with Gasteiger partial charge in [-0.15, -0.1) is 0 Å². The Morgan fingerprint density at radius 3 is 3.00 bits per heavy atom. The number of hydrogen-bond acceptors (Lipinski definition) is 5. The van der Waals surface area contributed by atoms with Crippen LogP contribution in [0.2, 0.25) is 0 Å². The Hall–Kier alpha value is -2.34. The molecule has 1 N–H and O–H groups in total. The first-order chi connectivity index (χ1) is 11.5. The third kappa shape index (κ3) is 3.76. The lowest BCUT2D eigenvalue weighted by Gasteiger charge is -2.23. The normalized spacial score (nSPS) is 17.8. The largest absolute Gasteiger partial charge is 0.491 e. The number of carbonyl (C=O) groups is 1. The monoisotopic (exact) mass is 330 g/mol. The van der Waals surface area contributed by atoms with Gasteiger partial charge in [0.25, 0.3) is 0 Å². The molecule has 3 rings (SSSR count). The van der Waals surface area contributed by atoms with Crippen molar-refractivity contribution in [1.82, 2.24) is 10.3 Å². The van der Waals surface area contributed by atoms with Crippen LogP contribution in [-0.4, -0.2) is 42.9 Å². The summed E-state index contributed by atoms with van der Waals surface area (Å²) in [7, 11) is 0. The van der Waals surface area contributed by atoms with Crippen molar-refractivity contribution in [2.45, 2.75) is 32.9 Å². The highest BCUT2D eigenvalue weighted by Gasteiger charge is 2.20. The van der Waals surface area contributed by atoms with Gasteiger partial charge in [0.15, 0.2) is 0 Å². The van der Waals surface area contributed by atoms with Crippen LogP contribution in [0.4, 0.5) is 0 Å². The van der Waals surface area contributed by atoms with Crippen LogP contribution in [0.3, 0.4) is 0 Å². The molecule has 6 nitrogen and oxygen atoms in total. The fourth-order valence-corrected chi connectivity index (χ4v) is 2.66. The van der Waals surface area contributed by atoms with Gasteiger partial charge in [0, 0.05) is 11.6 Å². The van der Waals surface area contributed by atoms with Crippen LogP contribution in [0.25, 0.3) is 10.8 Å². The molecule has 1 amide bonds. The van der Waals surface area contributed by atoms with Crippen LogP contribution in [0.5, 0.6) is 11.6 Å². The van der Waals surface area contributed by atoms with Gasteiger partial charge in [-0.25, -0.2) is 4.98 Å². The number of pyridine rings is 1. The average Bonchev–Trinajstić information content (AvgIpc) is 2.53. The van der Waals surface area contributed by atoms with Gasteiger partial charge in [-0.1, -0.05) is 0 Å². The minimum atomic E-state index is -0.167. The molecule has 0 aliphatic carbocycles. The number of benzene rings is 1. The topological polar surface area (TPSA) is 69.7 Å². The molecule has 1 aliphatic heterocycles. The number of nitrogens with zero attached hydrogens (tertiary/aromatic N) is 1. The fourth-order valence-electron chi connectivity index (χ4n) is 2.66. The molecule has 1 aliphatic rings. The molecular weight excluding hydrogens is 308 g/mol. The SMILES string of the molecule is Cc1cc2ccnc(OCC3COCC(=O)N3)c2cc1OC(C)C. The number of morpholine rings is 1. The molecule has 1 unspecified atom stereocenters. The molecule has 2 aromatic rings. The summed E-state index contributed by atoms with van der Waals surface area (Å²) >= 11 is 0. The predicted molar refractivity (Wildman–Crippen MR) is 90.5 cm³/mol. The van der Waals surface area contributed by atoms with E-state index < -0.39 is 0 Å². The Bertz CT molecular complexity index is 745. The number of rotatable bonds is 5. The first kappa shape index (κ1) is 16.5. The number of hydrogen-bond donors (Lipinski definition) is 1. The lowest BCUT2D eigenvalue weighted by atomic mass is 10.1. The van der Waals surface area contributed by atoms with E-state index in [-0.39, 0.29) is 24.7 Å². The molecule has 0 saturated carbocycles. The number of ether oxygens (including phenoxy) is 3. The van der Waals surface area contributed by atoms with E-state index in [0.29, 0.717) is 19.1 Å². The molecule has 0 spiro atoms. The van der Waals surface area contributed by atoms with Crippen LogP contribution >= 0.6 is 0 Å². The van der Waals surface area contributed by atoms with E-state index in [1.807, 2.05) is 32.9 Å². The van der Waals surface area contributed by atoms with Crippen LogP contribution < -0.4 is 14.8 Å². The van der Waals surface area contributed by atoms with E-state index in [2.05, 4.69) is 16.4 Å². The van der Waals surface area contributed by atoms with Crippen LogP contribution in [0.1, 0.15) is 19.4 Å². The van der Waals surface area contributed by atoms with E-state index in [1.165, 1.54) is 0 Å². The maximum Gasteiger partial charge on any atom is 0.246 e. The van der Waals surface area contributed by atoms with Crippen LogP contribution in [0.15, 0.2) is 24.4 Å². The number of aryl methyl sites for hydroxylation is 1. The highest BCUT2D eigenvalue weighted by Crippen LogP contribution is 2.31. The summed E-state index contributed by atoms with van der Waals surface area (Å²) in [5, 5.41) is 4.77. The summed E-state index contributed by atoms with van der Waals surface area (Å²) < 4.78 is 16.9. The van der Waals surface area contributed by atoms with Gasteiger partial charge in [-0.2, -0.15) is 0 Å². The number of nitrogens with one attached hydrogen (secondary N) is 1. The third-order valence-electron chi connectivity index (χ3n) is 3.72. The Labute approximate surface area is 141 Å². The molecule has 1 atom stereocenters. The van der Waals surface area contributed by atoms with E-state index in [0.717, 1.165) is 22.1 Å². The van der Waals surface area contributed by atoms with Crippen molar-refractivity contribution >= 4 is 16.7 Å². The second-order valence-electron chi connectivity index (χ2n) is 6.21. The first-order valence-electron chi connectivity index (χ1n) is 8.09. The van der Waals surface area contributed by atoms with Gasteiger partial charge in [0.05, 0.1) is 18.8 Å². The Balaban J connectivity index is 1.83. The van der Waals surface area contributed by atoms with Crippen molar-refractivity contribution in [1.29, 1.82) is 0 Å². The molecule has 24 heavy (non-hydrogen) atoms. The summed E-state index contributed by atoms with van der Waals surface area (Å²) in [5.41, 5.74) is 1.07. The van der Waals surface area contributed by atoms with Crippen molar-refractivity contribution in [3.63, 3.8) is 0 Å². The van der Waals surface area contributed by atoms with Gasteiger partial charge in [0.1, 0.15) is 19.0 Å². The van der Waals surface area contributed by atoms with Crippen molar-refractivity contribution in [2.75, 3.05) is 19.8 Å². The zero-order chi connectivity index (χ0) is 17.1. The van der Waals surface area contributed by atoms with Gasteiger partial charge in [-0.3, -0.25) is 4.79 Å². The second-order valence-corrected chi connectivity index (χ2v) is 6.21. The fraction of sp³-hybridized carbons (Fsp3) is 0.444. The Morgan fingerprint density at radius 1 is 1.42 bits per heavy atom. The highest BCUT2D eigenvalue weighted by molar-refractivity contribution is 5.89. The maximum atomic E-state index is 11.4. The molecule has 1 aromatic heterocycles. The van der Waals surface area contributed by atoms with Gasteiger partial charge < -0.3 is 19.5 Å². The van der Waals surface area contributed by atoms with E-state index in [4.69, 9.17) is 14.2 Å². The Kier molecular flexibility index (Phi) is 4.85. The smallest absolute Gasteiger partial charge is 0.246 e. The summed E-state index contributed by atoms with van der Waals surface area (Å²) in [6.45, 7) is 6.88. The molecule has 6 heteroatoms. The number of aromatic nitrogens is 1. The van der Waals surface area contributed by atoms with E-state index in [9.17, 15) is 4.79 Å². The summed E-state index contributed by atoms with van der Waals surface area (Å²) in [5.74, 6) is 1.23. The van der Waals surface area contributed by atoms with Crippen LogP contribution in [-0.2, 0) is 9.53 Å². The number of amides is 1. The predicted octanol–water partition coefficient (Wildman–Crippen LogP) is 2.22. The van der Waals surface area contributed by atoms with Crippen LogP contribution in [0, 0.1) is 6.92 Å². The standard InChI is InChI=1S/C18H22N2O4/c1-11(2)24-16-7-15-13(6-12(16)3)4-5-19-18(15)23-9-14-8-22-10-17(21)20-14/h4-7,11,14H,8-10H2,1-3H3,(H,20,21). The van der Waals surface area contributed by atoms with E-state index >= 15 is 0 Å². The summed E-state index contributed by atoms with van der Waals surface area (Å²) in [6.07, 6.45) is 1.81. The molecule has 1 saturated heterocycles. The minimum Gasteiger partial charge on any atom is -0.491 e. The highest BCUT2D eigenvalue weighted by atomic mass is 16.5. The molecule has 0 bridgehead atoms. The molecular formula is C18H22N2O4. The molecule has 2 heterocycles. The second kappa shape index (κ2) is 7.05. The van der Waals surface area contributed by atoms with Gasteiger partial charge in [-0.05, 0) is 49.9 Å². The van der Waals surface area contributed by atoms with Gasteiger partial charge >= 0.3 is 0 Å². The van der Waals surface area contributed by atoms with Crippen molar-refractivity contribution < 1.29 is 19.0 Å². The minimum absolute atomic E-state index is 0.0942. The lowest BCUT2D eigenvalue weighted by molar-refractivity contribution is -0.131. The van der Waals surface area contributed by atoms with Crippen molar-refractivity contribution in [3.8, 4) is 11.6 Å². The molecule has 1 fully saturated rings. The quantitative estimate of drug-likeness (QED) is 0.910. The van der Waals surface area contributed by atoms with Gasteiger partial charge in [0.2, 0.25) is 11.8 Å². The first-order valence-corrected chi connectivity index (χ1v) is 8.09. The average molecular weight is 330 g/mol. The number of carbonyl (C=O) groups excluding carboxylic acids is 1. The zero-order valence-corrected chi connectivity index (χ0v) is 14.2.